The fourth-order valence-electron chi connectivity index (χ4n) is 2.08. The Hall–Kier alpha value is -2.15. The lowest BCUT2D eigenvalue weighted by Crippen LogP contribution is -2.36. The molecule has 0 aromatic heterocycles. The third-order valence-electron chi connectivity index (χ3n) is 3.18. The van der Waals surface area contributed by atoms with Gasteiger partial charge in [0.25, 0.3) is 0 Å². The van der Waals surface area contributed by atoms with Gasteiger partial charge in [0.2, 0.25) is 11.8 Å². The van der Waals surface area contributed by atoms with E-state index in [-0.39, 0.29) is 29.7 Å². The van der Waals surface area contributed by atoms with E-state index >= 15 is 0 Å². The van der Waals surface area contributed by atoms with Gasteiger partial charge in [0.1, 0.15) is 5.82 Å². The summed E-state index contributed by atoms with van der Waals surface area (Å²) in [6, 6.07) is 10.8. The predicted octanol–water partition coefficient (Wildman–Crippen LogP) is 3.64. The van der Waals surface area contributed by atoms with Crippen LogP contribution in [-0.2, 0) is 9.59 Å². The van der Waals surface area contributed by atoms with Crippen LogP contribution in [0.2, 0.25) is 10.0 Å². The van der Waals surface area contributed by atoms with Crippen LogP contribution in [0.1, 0.15) is 0 Å². The number of likely N-dealkylation sites (N-methyl/N-ethyl adjacent to an activating group) is 1. The molecule has 2 aromatic rings. The second kappa shape index (κ2) is 8.80. The highest BCUT2D eigenvalue weighted by atomic mass is 35.5. The van der Waals surface area contributed by atoms with Crippen LogP contribution in [0.5, 0.6) is 0 Å². The average Bonchev–Trinajstić information content (AvgIpc) is 2.52. The molecule has 2 amide bonds. The number of rotatable bonds is 6. The maximum Gasteiger partial charge on any atom is 0.238 e. The zero-order valence-corrected chi connectivity index (χ0v) is 14.9. The average molecular weight is 384 g/mol. The van der Waals surface area contributed by atoms with E-state index in [9.17, 15) is 14.0 Å². The molecular formula is C17H16Cl2FN3O2. The molecule has 0 aliphatic rings. The lowest BCUT2D eigenvalue weighted by Gasteiger charge is -2.16. The van der Waals surface area contributed by atoms with Crippen molar-refractivity contribution in [3.63, 3.8) is 0 Å². The summed E-state index contributed by atoms with van der Waals surface area (Å²) in [5.74, 6) is -1.39. The molecule has 0 fully saturated rings. The van der Waals surface area contributed by atoms with Gasteiger partial charge < -0.3 is 10.6 Å². The minimum atomic E-state index is -0.625. The van der Waals surface area contributed by atoms with Gasteiger partial charge in [-0.25, -0.2) is 4.39 Å². The maximum atomic E-state index is 13.6. The van der Waals surface area contributed by atoms with Crippen molar-refractivity contribution in [3.8, 4) is 0 Å². The molecule has 2 aromatic carbocycles. The van der Waals surface area contributed by atoms with Gasteiger partial charge in [0.15, 0.2) is 0 Å². The Labute approximate surface area is 154 Å². The fourth-order valence-corrected chi connectivity index (χ4v) is 2.42. The Kier molecular flexibility index (Phi) is 6.75. The fraction of sp³-hybridized carbons (Fsp3) is 0.176. The normalized spacial score (nSPS) is 10.6. The number of nitrogens with one attached hydrogen (secondary N) is 2. The van der Waals surface area contributed by atoms with E-state index in [1.807, 2.05) is 0 Å². The van der Waals surface area contributed by atoms with Crippen molar-refractivity contribution in [1.29, 1.82) is 0 Å². The van der Waals surface area contributed by atoms with Crippen LogP contribution in [0.4, 0.5) is 15.8 Å². The highest BCUT2D eigenvalue weighted by molar-refractivity contribution is 6.33. The number of nitrogens with zero attached hydrogens (tertiary/aromatic N) is 1. The summed E-state index contributed by atoms with van der Waals surface area (Å²) in [5.41, 5.74) is 0.526. The molecule has 2 rings (SSSR count). The molecule has 0 saturated carbocycles. The number of amides is 2. The maximum absolute atomic E-state index is 13.6. The summed E-state index contributed by atoms with van der Waals surface area (Å²) in [7, 11) is 1.60. The van der Waals surface area contributed by atoms with E-state index in [0.717, 1.165) is 6.07 Å². The Morgan fingerprint density at radius 1 is 1.00 bits per heavy atom. The van der Waals surface area contributed by atoms with Gasteiger partial charge in [0, 0.05) is 5.02 Å². The SMILES string of the molecule is CN(CC(=O)Nc1ccc(Cl)cc1F)CC(=O)Nc1ccccc1Cl. The van der Waals surface area contributed by atoms with Crippen molar-refractivity contribution in [2.24, 2.45) is 0 Å². The van der Waals surface area contributed by atoms with Crippen LogP contribution < -0.4 is 10.6 Å². The molecule has 0 spiro atoms. The van der Waals surface area contributed by atoms with Crippen molar-refractivity contribution in [1.82, 2.24) is 4.90 Å². The molecular weight excluding hydrogens is 368 g/mol. The Balaban J connectivity index is 1.84. The van der Waals surface area contributed by atoms with E-state index in [4.69, 9.17) is 23.2 Å². The first kappa shape index (κ1) is 19.2. The molecule has 0 radical (unpaired) electrons. The van der Waals surface area contributed by atoms with Gasteiger partial charge in [-0.05, 0) is 37.4 Å². The summed E-state index contributed by atoms with van der Waals surface area (Å²) >= 11 is 11.6. The third kappa shape index (κ3) is 6.01. The highest BCUT2D eigenvalue weighted by Gasteiger charge is 2.13. The van der Waals surface area contributed by atoms with Crippen LogP contribution in [0.15, 0.2) is 42.5 Å². The van der Waals surface area contributed by atoms with E-state index in [1.165, 1.54) is 17.0 Å². The van der Waals surface area contributed by atoms with Crippen LogP contribution in [-0.4, -0.2) is 36.9 Å². The quantitative estimate of drug-likeness (QED) is 0.800. The molecule has 0 bridgehead atoms. The number of benzene rings is 2. The monoisotopic (exact) mass is 383 g/mol. The molecule has 0 aliphatic heterocycles. The van der Waals surface area contributed by atoms with Crippen molar-refractivity contribution >= 4 is 46.4 Å². The summed E-state index contributed by atoms with van der Waals surface area (Å²) in [5, 5.41) is 5.76. The minimum absolute atomic E-state index is 0.0260. The predicted molar refractivity (Wildman–Crippen MR) is 97.6 cm³/mol. The number of halogens is 3. The number of carbonyl (C=O) groups is 2. The van der Waals surface area contributed by atoms with Crippen molar-refractivity contribution in [2.75, 3.05) is 30.8 Å². The van der Waals surface area contributed by atoms with Gasteiger partial charge in [-0.1, -0.05) is 35.3 Å². The molecule has 8 heteroatoms. The van der Waals surface area contributed by atoms with E-state index in [2.05, 4.69) is 10.6 Å². The second-order valence-corrected chi connectivity index (χ2v) is 6.22. The first-order chi connectivity index (χ1) is 11.8. The van der Waals surface area contributed by atoms with E-state index < -0.39 is 11.7 Å². The number of para-hydroxylation sites is 1. The molecule has 25 heavy (non-hydrogen) atoms. The van der Waals surface area contributed by atoms with Gasteiger partial charge in [0.05, 0.1) is 29.5 Å². The summed E-state index contributed by atoms with van der Waals surface area (Å²) in [6.07, 6.45) is 0. The largest absolute Gasteiger partial charge is 0.324 e. The Morgan fingerprint density at radius 2 is 1.60 bits per heavy atom. The van der Waals surface area contributed by atoms with Crippen LogP contribution in [0.3, 0.4) is 0 Å². The van der Waals surface area contributed by atoms with Gasteiger partial charge >= 0.3 is 0 Å². The molecule has 2 N–H and O–H groups in total. The molecule has 5 nitrogen and oxygen atoms in total. The lowest BCUT2D eigenvalue weighted by atomic mass is 10.3. The van der Waals surface area contributed by atoms with Crippen molar-refractivity contribution in [2.45, 2.75) is 0 Å². The number of carbonyl (C=O) groups excluding carboxylic acids is 2. The van der Waals surface area contributed by atoms with E-state index in [1.54, 1.807) is 31.3 Å². The standard InChI is InChI=1S/C17H16Cl2FN3O2/c1-23(9-16(24)21-14-5-3-2-4-12(14)19)10-17(25)22-15-7-6-11(18)8-13(15)20/h2-8H,9-10H2,1H3,(H,21,24)(H,22,25). The second-order valence-electron chi connectivity index (χ2n) is 5.37. The Bertz CT molecular complexity index is 786. The number of hydrogen-bond donors (Lipinski definition) is 2. The van der Waals surface area contributed by atoms with Crippen LogP contribution >= 0.6 is 23.2 Å². The van der Waals surface area contributed by atoms with E-state index in [0.29, 0.717) is 10.7 Å². The number of hydrogen-bond acceptors (Lipinski definition) is 3. The topological polar surface area (TPSA) is 61.4 Å². The van der Waals surface area contributed by atoms with Crippen LogP contribution in [0, 0.1) is 5.82 Å². The molecule has 0 saturated heterocycles. The molecule has 0 aliphatic carbocycles. The molecule has 0 heterocycles. The highest BCUT2D eigenvalue weighted by Crippen LogP contribution is 2.20. The third-order valence-corrected chi connectivity index (χ3v) is 3.74. The molecule has 0 unspecified atom stereocenters. The summed E-state index contributed by atoms with van der Waals surface area (Å²) in [4.78, 5) is 25.4. The van der Waals surface area contributed by atoms with Gasteiger partial charge in [-0.2, -0.15) is 0 Å². The summed E-state index contributed by atoms with van der Waals surface area (Å²) < 4.78 is 13.6. The lowest BCUT2D eigenvalue weighted by molar-refractivity contribution is -0.119. The molecule has 0 atom stereocenters. The molecule has 132 valence electrons. The van der Waals surface area contributed by atoms with Crippen molar-refractivity contribution < 1.29 is 14.0 Å². The Morgan fingerprint density at radius 3 is 2.20 bits per heavy atom. The first-order valence-electron chi connectivity index (χ1n) is 7.33. The van der Waals surface area contributed by atoms with Gasteiger partial charge in [-0.3, -0.25) is 14.5 Å². The zero-order chi connectivity index (χ0) is 18.4. The van der Waals surface area contributed by atoms with Gasteiger partial charge in [-0.15, -0.1) is 0 Å². The van der Waals surface area contributed by atoms with Crippen LogP contribution in [0.25, 0.3) is 0 Å². The number of anilines is 2. The summed E-state index contributed by atoms with van der Waals surface area (Å²) in [6.45, 7) is -0.111. The minimum Gasteiger partial charge on any atom is -0.324 e. The smallest absolute Gasteiger partial charge is 0.238 e. The first-order valence-corrected chi connectivity index (χ1v) is 8.08. The zero-order valence-electron chi connectivity index (χ0n) is 13.4. The van der Waals surface area contributed by atoms with Crippen molar-refractivity contribution in [3.05, 3.63) is 58.3 Å².